The number of rotatable bonds is 7. The number of ether oxygens (including phenoxy) is 1. The quantitative estimate of drug-likeness (QED) is 0.349. The Labute approximate surface area is 187 Å². The molecular weight excluding hydrogens is 443 g/mol. The lowest BCUT2D eigenvalue weighted by atomic mass is 10.1. The number of hydrogen-bond donors (Lipinski definition) is 1. The van der Waals surface area contributed by atoms with Gasteiger partial charge in [-0.25, -0.2) is 4.98 Å². The molecule has 0 aliphatic rings. The maximum absolute atomic E-state index is 13.2. The molecule has 4 aromatic rings. The fourth-order valence-corrected chi connectivity index (χ4v) is 3.52. The molecule has 2 heterocycles. The maximum Gasteiger partial charge on any atom is 0.416 e. The Morgan fingerprint density at radius 1 is 1.16 bits per heavy atom. The first-order chi connectivity index (χ1) is 15.2. The Bertz CT molecular complexity index is 1260. The highest BCUT2D eigenvalue weighted by molar-refractivity contribution is 6.31. The lowest BCUT2D eigenvalue weighted by Gasteiger charge is -2.12. The molecule has 0 saturated carbocycles. The lowest BCUT2D eigenvalue weighted by Crippen LogP contribution is -2.11. The minimum Gasteiger partial charge on any atom is -0.379 e. The van der Waals surface area contributed by atoms with Gasteiger partial charge in [-0.1, -0.05) is 28.9 Å². The third kappa shape index (κ3) is 4.63. The SMILES string of the molecule is CC(C)OCCCNc1nc2c(-c3cccc(C(F)(F)F)c3)nnn2c2ccc(Cl)cc12. The third-order valence-electron chi connectivity index (χ3n) is 4.83. The lowest BCUT2D eigenvalue weighted by molar-refractivity contribution is -0.137. The predicted octanol–water partition coefficient (Wildman–Crippen LogP) is 5.84. The number of fused-ring (bicyclic) bond motifs is 3. The summed E-state index contributed by atoms with van der Waals surface area (Å²) >= 11 is 6.19. The molecule has 168 valence electrons. The standard InChI is InChI=1S/C22H21ClF3N5O/c1-13(2)32-10-4-9-27-20-17-12-16(23)7-8-18(17)31-21(28-20)19(29-30-31)14-5-3-6-15(11-14)22(24,25)26/h3,5-8,11-13H,4,9-10H2,1-2H3,(H,27,28). The number of benzene rings is 2. The van der Waals surface area contributed by atoms with Gasteiger partial charge in [0.15, 0.2) is 5.65 Å². The van der Waals surface area contributed by atoms with Crippen LogP contribution in [0.4, 0.5) is 19.0 Å². The zero-order valence-electron chi connectivity index (χ0n) is 17.4. The molecule has 0 atom stereocenters. The summed E-state index contributed by atoms with van der Waals surface area (Å²) in [6.45, 7) is 5.13. The highest BCUT2D eigenvalue weighted by Crippen LogP contribution is 2.34. The van der Waals surface area contributed by atoms with Gasteiger partial charge in [-0.05, 0) is 50.6 Å². The van der Waals surface area contributed by atoms with Crippen LogP contribution in [0.5, 0.6) is 0 Å². The molecule has 1 N–H and O–H groups in total. The number of aromatic nitrogens is 4. The fourth-order valence-electron chi connectivity index (χ4n) is 3.35. The van der Waals surface area contributed by atoms with Gasteiger partial charge in [0.05, 0.1) is 17.2 Å². The van der Waals surface area contributed by atoms with E-state index in [0.717, 1.165) is 23.9 Å². The van der Waals surface area contributed by atoms with Crippen molar-refractivity contribution in [2.45, 2.75) is 32.5 Å². The summed E-state index contributed by atoms with van der Waals surface area (Å²) in [7, 11) is 0. The second kappa shape index (κ2) is 8.91. The molecule has 0 fully saturated rings. The Morgan fingerprint density at radius 3 is 2.72 bits per heavy atom. The average molecular weight is 464 g/mol. The molecule has 32 heavy (non-hydrogen) atoms. The van der Waals surface area contributed by atoms with Crippen molar-refractivity contribution >= 4 is 34.0 Å². The largest absolute Gasteiger partial charge is 0.416 e. The zero-order chi connectivity index (χ0) is 22.9. The Morgan fingerprint density at radius 2 is 1.97 bits per heavy atom. The molecule has 0 saturated heterocycles. The third-order valence-corrected chi connectivity index (χ3v) is 5.07. The smallest absolute Gasteiger partial charge is 0.379 e. The summed E-state index contributed by atoms with van der Waals surface area (Å²) in [5, 5.41) is 12.8. The van der Waals surface area contributed by atoms with Crippen LogP contribution in [0.3, 0.4) is 0 Å². The van der Waals surface area contributed by atoms with Crippen molar-refractivity contribution in [1.82, 2.24) is 19.8 Å². The molecule has 4 rings (SSSR count). The number of nitrogens with zero attached hydrogens (tertiary/aromatic N) is 4. The summed E-state index contributed by atoms with van der Waals surface area (Å²) < 4.78 is 46.7. The molecule has 2 aromatic heterocycles. The van der Waals surface area contributed by atoms with E-state index in [9.17, 15) is 13.2 Å². The van der Waals surface area contributed by atoms with Crippen LogP contribution in [0.15, 0.2) is 42.5 Å². The van der Waals surface area contributed by atoms with E-state index in [2.05, 4.69) is 20.6 Å². The predicted molar refractivity (Wildman–Crippen MR) is 118 cm³/mol. The minimum absolute atomic E-state index is 0.150. The van der Waals surface area contributed by atoms with Crippen molar-refractivity contribution in [1.29, 1.82) is 0 Å². The Hall–Kier alpha value is -2.91. The number of alkyl halides is 3. The molecule has 0 amide bonds. The summed E-state index contributed by atoms with van der Waals surface area (Å²) in [6, 6.07) is 10.2. The number of hydrogen-bond acceptors (Lipinski definition) is 5. The first kappa shape index (κ1) is 22.3. The zero-order valence-corrected chi connectivity index (χ0v) is 18.2. The van der Waals surface area contributed by atoms with Gasteiger partial charge < -0.3 is 10.1 Å². The summed E-state index contributed by atoms with van der Waals surface area (Å²) in [4.78, 5) is 4.65. The molecule has 10 heteroatoms. The molecule has 2 aromatic carbocycles. The average Bonchev–Trinajstić information content (AvgIpc) is 3.16. The second-order valence-corrected chi connectivity index (χ2v) is 8.01. The molecule has 0 radical (unpaired) electrons. The van der Waals surface area contributed by atoms with Crippen molar-refractivity contribution in [2.24, 2.45) is 0 Å². The molecule has 0 spiro atoms. The highest BCUT2D eigenvalue weighted by atomic mass is 35.5. The van der Waals surface area contributed by atoms with Crippen molar-refractivity contribution in [3.8, 4) is 11.3 Å². The van der Waals surface area contributed by atoms with Crippen molar-refractivity contribution < 1.29 is 17.9 Å². The van der Waals surface area contributed by atoms with Crippen LogP contribution in [-0.4, -0.2) is 39.1 Å². The number of anilines is 1. The van der Waals surface area contributed by atoms with Crippen LogP contribution >= 0.6 is 11.6 Å². The molecule has 0 aliphatic carbocycles. The van der Waals surface area contributed by atoms with Crippen LogP contribution in [0.2, 0.25) is 5.02 Å². The van der Waals surface area contributed by atoms with Crippen LogP contribution in [0.1, 0.15) is 25.8 Å². The van der Waals surface area contributed by atoms with E-state index in [1.807, 2.05) is 13.8 Å². The van der Waals surface area contributed by atoms with Crippen LogP contribution < -0.4 is 5.32 Å². The van der Waals surface area contributed by atoms with Gasteiger partial charge in [-0.3, -0.25) is 0 Å². The molecule has 0 aliphatic heterocycles. The van der Waals surface area contributed by atoms with E-state index in [1.165, 1.54) is 10.6 Å². The van der Waals surface area contributed by atoms with E-state index in [1.54, 1.807) is 24.3 Å². The van der Waals surface area contributed by atoms with E-state index < -0.39 is 11.7 Å². The monoisotopic (exact) mass is 463 g/mol. The fraction of sp³-hybridized carbons (Fsp3) is 0.318. The van der Waals surface area contributed by atoms with Gasteiger partial charge in [0.25, 0.3) is 0 Å². The van der Waals surface area contributed by atoms with Gasteiger partial charge >= 0.3 is 6.18 Å². The van der Waals surface area contributed by atoms with Gasteiger partial charge in [0.2, 0.25) is 0 Å². The maximum atomic E-state index is 13.2. The molecular formula is C22H21ClF3N5O. The molecule has 6 nitrogen and oxygen atoms in total. The van der Waals surface area contributed by atoms with E-state index in [0.29, 0.717) is 35.2 Å². The highest BCUT2D eigenvalue weighted by Gasteiger charge is 2.31. The van der Waals surface area contributed by atoms with Crippen molar-refractivity contribution in [3.63, 3.8) is 0 Å². The number of nitrogens with one attached hydrogen (secondary N) is 1. The topological polar surface area (TPSA) is 64.3 Å². The Balaban J connectivity index is 1.77. The minimum atomic E-state index is -4.46. The number of halogens is 4. The van der Waals surface area contributed by atoms with E-state index >= 15 is 0 Å². The first-order valence-electron chi connectivity index (χ1n) is 10.1. The van der Waals surface area contributed by atoms with Crippen molar-refractivity contribution in [3.05, 3.63) is 53.1 Å². The molecule has 0 bridgehead atoms. The van der Waals surface area contributed by atoms with Crippen molar-refractivity contribution in [2.75, 3.05) is 18.5 Å². The van der Waals surface area contributed by atoms with Crippen LogP contribution in [-0.2, 0) is 10.9 Å². The van der Waals surface area contributed by atoms with Crippen LogP contribution in [0.25, 0.3) is 27.8 Å². The van der Waals surface area contributed by atoms with Gasteiger partial charge in [-0.15, -0.1) is 5.10 Å². The Kier molecular flexibility index (Phi) is 6.21. The van der Waals surface area contributed by atoms with E-state index in [4.69, 9.17) is 16.3 Å². The normalized spacial score (nSPS) is 12.2. The van der Waals surface area contributed by atoms with Gasteiger partial charge in [-0.2, -0.15) is 17.7 Å². The summed E-state index contributed by atoms with van der Waals surface area (Å²) in [5.74, 6) is 0.551. The first-order valence-corrected chi connectivity index (χ1v) is 10.5. The van der Waals surface area contributed by atoms with Gasteiger partial charge in [0.1, 0.15) is 11.5 Å². The van der Waals surface area contributed by atoms with Crippen LogP contribution in [0, 0.1) is 0 Å². The second-order valence-electron chi connectivity index (χ2n) is 7.57. The van der Waals surface area contributed by atoms with E-state index in [-0.39, 0.29) is 17.4 Å². The van der Waals surface area contributed by atoms with Gasteiger partial charge in [0, 0.05) is 29.1 Å². The summed E-state index contributed by atoms with van der Waals surface area (Å²) in [5.41, 5.74) is 0.824. The molecule has 0 unspecified atom stereocenters. The summed E-state index contributed by atoms with van der Waals surface area (Å²) in [6.07, 6.45) is -3.55.